The number of azide groups is 1. The number of hydrogen-bond donors (Lipinski definition) is 3. The van der Waals surface area contributed by atoms with E-state index in [1.54, 1.807) is 23.5 Å². The Kier molecular flexibility index (Phi) is 20.5. The first-order valence-corrected chi connectivity index (χ1v) is 43.2. The number of imidazole rings is 3. The van der Waals surface area contributed by atoms with Crippen LogP contribution in [0.2, 0.25) is 54.4 Å². The highest BCUT2D eigenvalue weighted by atomic mass is 28.4. The zero-order valence-corrected chi connectivity index (χ0v) is 64.7. The van der Waals surface area contributed by atoms with Crippen LogP contribution < -0.4 is 26.7 Å². The van der Waals surface area contributed by atoms with E-state index in [-0.39, 0.29) is 110 Å². The van der Waals surface area contributed by atoms with Gasteiger partial charge >= 0.3 is 0 Å². The number of fused-ring (bicyclic) bond motifs is 5. The van der Waals surface area contributed by atoms with Crippen LogP contribution in [0.15, 0.2) is 77.4 Å². The molecule has 5 N–H and O–H groups in total. The molecule has 3 fully saturated rings. The molecule has 101 heavy (non-hydrogen) atoms. The molecule has 8 aromatic heterocycles. The maximum absolute atomic E-state index is 12.1. The molecule has 0 amide bonds. The molecule has 542 valence electrons. The van der Waals surface area contributed by atoms with Gasteiger partial charge in [0.05, 0.1) is 55.6 Å². The number of nitrogen functional groups attached to an aromatic ring is 2. The molecule has 0 spiro atoms. The second kappa shape index (κ2) is 28.1. The molecule has 0 aliphatic carbocycles. The average molecular weight is 1440 g/mol. The van der Waals surface area contributed by atoms with Crippen molar-refractivity contribution in [1.29, 1.82) is 0 Å². The molecule has 35 heteroatoms. The number of benzene rings is 2. The number of rotatable bonds is 17. The van der Waals surface area contributed by atoms with Crippen molar-refractivity contribution in [3.05, 3.63) is 88.3 Å². The second-order valence-electron chi connectivity index (χ2n) is 30.9. The Labute approximate surface area is 588 Å². The van der Waals surface area contributed by atoms with Gasteiger partial charge in [0.2, 0.25) is 17.8 Å². The maximum atomic E-state index is 12.1. The molecule has 3 saturated heterocycles. The summed E-state index contributed by atoms with van der Waals surface area (Å²) in [6.45, 7) is 46.4. The van der Waals surface area contributed by atoms with Gasteiger partial charge in [0.1, 0.15) is 22.1 Å². The Hall–Kier alpha value is -8.39. The molecule has 0 saturated carbocycles. The van der Waals surface area contributed by atoms with Crippen LogP contribution in [0.5, 0.6) is 11.8 Å². The minimum Gasteiger partial charge on any atom is -0.409 e. The minimum atomic E-state index is -2.14. The molecule has 12 atom stereocenters. The molecule has 32 nitrogen and oxygen atoms in total. The van der Waals surface area contributed by atoms with Gasteiger partial charge in [-0.2, -0.15) is 19.9 Å². The summed E-state index contributed by atoms with van der Waals surface area (Å²) in [5, 5.41) is 20.2. The van der Waals surface area contributed by atoms with E-state index in [9.17, 15) is 4.79 Å². The number of para-hydroxylation sites is 2. The zero-order valence-electron chi connectivity index (χ0n) is 61.7. The van der Waals surface area contributed by atoms with Gasteiger partial charge in [0.15, 0.2) is 77.1 Å². The third-order valence-corrected chi connectivity index (χ3v) is 34.6. The van der Waals surface area contributed by atoms with E-state index < -0.39 is 43.6 Å². The summed E-state index contributed by atoms with van der Waals surface area (Å²) in [4.78, 5) is 67.3. The third-order valence-electron chi connectivity index (χ3n) is 21.2. The fourth-order valence-corrected chi connectivity index (χ4v) is 16.3. The van der Waals surface area contributed by atoms with Crippen LogP contribution in [0.4, 0.5) is 17.8 Å². The van der Waals surface area contributed by atoms with Crippen molar-refractivity contribution < 1.29 is 37.2 Å². The van der Waals surface area contributed by atoms with Gasteiger partial charge in [-0.15, -0.1) is 10.2 Å². The number of nitrogens with one attached hydrogen (secondary N) is 1. The number of H-pyrrole nitrogens is 1. The molecule has 3 aliphatic heterocycles. The van der Waals surface area contributed by atoms with Gasteiger partial charge in [-0.25, -0.2) is 19.9 Å². The van der Waals surface area contributed by atoms with Crippen molar-refractivity contribution >= 4 is 98.4 Å². The first-order chi connectivity index (χ1) is 47.5. The molecule has 0 radical (unpaired) electrons. The summed E-state index contributed by atoms with van der Waals surface area (Å²) in [6.07, 6.45) is 5.87. The van der Waals surface area contributed by atoms with Crippen LogP contribution in [-0.2, 0) is 27.5 Å². The number of aromatic nitrogens is 18. The standard InChI is InChI=1S/C24H32N10O3Si.C24H34N8O3Si.C18H31N5O3Si/c1-8-17-14(2)19(37-38(6,7)24(3,4)5)22(35-17)33-13-26-18-20(33)27-23(30-31-25)28-21(18)36-34-16-12-10-9-11-15(16)29-32-34;1-8-17-14(2)19(35-36(6,7)24(3,4)5)22(33-17)31-13-26-18-20(31)27-23(25)28-21(18)34-32-16-12-10-9-11-15(16)29-30-32;1-8-11-10(2)13(26-27(6,7)18(3,4)5)16(25-11)23-9-20-12-14(23)21-17(19)22-15(12)24/h9-14,17,19,22H,8H2,1-7H3;9-14,17,19,22H,8H2,1-7H3,(H2,25,27,28);9-11,13,16H,8H2,1-7H3,(H3,19,21,22,24)/t2*14-,17+,19?,22+;10-,11+,13?,16+/m000/s1. The fourth-order valence-electron chi connectivity index (χ4n) is 12.2. The van der Waals surface area contributed by atoms with Crippen LogP contribution in [0, 0.1) is 17.8 Å². The molecule has 3 unspecified atom stereocenters. The van der Waals surface area contributed by atoms with Crippen molar-refractivity contribution in [2.24, 2.45) is 22.9 Å². The smallest absolute Gasteiger partial charge is 0.281 e. The second-order valence-corrected chi connectivity index (χ2v) is 45.2. The minimum absolute atomic E-state index is 0.00267. The Morgan fingerprint density at radius 3 is 1.30 bits per heavy atom. The van der Waals surface area contributed by atoms with Crippen molar-refractivity contribution in [2.75, 3.05) is 11.5 Å². The molecule has 0 bridgehead atoms. The summed E-state index contributed by atoms with van der Waals surface area (Å²) < 4.78 is 45.6. The molecular formula is C66H97N23O9Si3. The van der Waals surface area contributed by atoms with Gasteiger partial charge in [0.25, 0.3) is 17.3 Å². The molecule has 13 rings (SSSR count). The first kappa shape index (κ1) is 73.8. The summed E-state index contributed by atoms with van der Waals surface area (Å²) in [5.74, 6) is 0.832. The largest absolute Gasteiger partial charge is 0.409 e. The number of nitrogens with zero attached hydrogens (tertiary/aromatic N) is 20. The Morgan fingerprint density at radius 1 is 0.545 bits per heavy atom. The van der Waals surface area contributed by atoms with Crippen molar-refractivity contribution in [2.45, 2.75) is 233 Å². The summed E-state index contributed by atoms with van der Waals surface area (Å²) in [5.41, 5.74) is 25.7. The summed E-state index contributed by atoms with van der Waals surface area (Å²) in [7, 11) is -6.24. The van der Waals surface area contributed by atoms with Gasteiger partial charge in [-0.3, -0.25) is 23.5 Å². The van der Waals surface area contributed by atoms with Gasteiger partial charge in [-0.1, -0.05) is 138 Å². The topological polar surface area (TPSA) is 387 Å². The molecule has 10 aromatic rings. The van der Waals surface area contributed by atoms with E-state index in [4.69, 9.17) is 54.2 Å². The lowest BCUT2D eigenvalue weighted by Gasteiger charge is -2.40. The Bertz CT molecular complexity index is 4720. The van der Waals surface area contributed by atoms with Gasteiger partial charge in [0, 0.05) is 22.7 Å². The highest BCUT2D eigenvalue weighted by Gasteiger charge is 2.52. The van der Waals surface area contributed by atoms with E-state index in [2.05, 4.69) is 219 Å². The normalized spacial score (nSPS) is 23.7. The zero-order chi connectivity index (χ0) is 73.2. The lowest BCUT2D eigenvalue weighted by atomic mass is 9.99. The average Bonchev–Trinajstić information content (AvgIpc) is 1.62. The predicted molar refractivity (Wildman–Crippen MR) is 390 cm³/mol. The number of aromatic amines is 1. The van der Waals surface area contributed by atoms with Crippen molar-refractivity contribution in [3.8, 4) is 11.8 Å². The highest BCUT2D eigenvalue weighted by Crippen LogP contribution is 2.49. The molecule has 11 heterocycles. The quantitative estimate of drug-likeness (QED) is 0.0330. The van der Waals surface area contributed by atoms with Crippen LogP contribution in [0.3, 0.4) is 0 Å². The number of anilines is 2. The Balaban J connectivity index is 0.000000155. The van der Waals surface area contributed by atoms with Crippen LogP contribution in [0.1, 0.15) is 142 Å². The van der Waals surface area contributed by atoms with Crippen LogP contribution in [0.25, 0.3) is 66.0 Å². The van der Waals surface area contributed by atoms with Crippen molar-refractivity contribution in [1.82, 2.24) is 88.9 Å². The number of ether oxygens (including phenoxy) is 3. The number of hydrogen-bond acceptors (Lipinski definition) is 24. The van der Waals surface area contributed by atoms with E-state index in [0.29, 0.717) is 50.0 Å². The first-order valence-electron chi connectivity index (χ1n) is 34.5. The molecule has 3 aliphatic rings. The van der Waals surface area contributed by atoms with Gasteiger partial charge < -0.3 is 48.6 Å². The molecule has 2 aromatic carbocycles. The van der Waals surface area contributed by atoms with E-state index in [1.165, 1.54) is 9.69 Å². The Morgan fingerprint density at radius 2 is 0.911 bits per heavy atom. The lowest BCUT2D eigenvalue weighted by molar-refractivity contribution is -0.0322. The lowest BCUT2D eigenvalue weighted by Crippen LogP contribution is -2.46. The molecular weight excluding hydrogens is 1340 g/mol. The van der Waals surface area contributed by atoms with Gasteiger partial charge in [-0.05, 0) is 119 Å². The predicted octanol–water partition coefficient (Wildman–Crippen LogP) is 13.1. The van der Waals surface area contributed by atoms with Crippen LogP contribution in [-0.4, -0.2) is 150 Å². The van der Waals surface area contributed by atoms with E-state index in [1.807, 2.05) is 57.7 Å². The third kappa shape index (κ3) is 14.5. The fraction of sp³-hybridized carbons (Fsp3) is 0.591. The van der Waals surface area contributed by atoms with Crippen LogP contribution >= 0.6 is 0 Å². The number of nitrogens with two attached hydrogens (primary N) is 2. The SMILES string of the molecule is CC[C@H]1O[C@@H](n2cnc3c(=O)[nH]c(N)nc32)C(O[Si](C)(C)C(C)(C)C)[C@H]1C.CC[C@H]1O[C@@H](n2cnc3c(On4nnc5ccccc54)nc(N)nc32)C(O[Si](C)(C)C(C)(C)C)[C@H]1C.CC[C@H]1O[C@@H](n2cnc3c(On4nnc5ccccc54)nc(N=[N+]=[N-])nc32)C(O[Si](C)(C)C(C)(C)C)[C@H]1C. The van der Waals surface area contributed by atoms with E-state index >= 15 is 0 Å². The van der Waals surface area contributed by atoms with E-state index in [0.717, 1.165) is 19.3 Å². The summed E-state index contributed by atoms with van der Waals surface area (Å²) >= 11 is 0. The van der Waals surface area contributed by atoms with Crippen molar-refractivity contribution in [3.63, 3.8) is 0 Å². The summed E-state index contributed by atoms with van der Waals surface area (Å²) in [6, 6.07) is 14.8. The highest BCUT2D eigenvalue weighted by molar-refractivity contribution is 6.75. The maximum Gasteiger partial charge on any atom is 0.281 e. The monoisotopic (exact) mass is 1440 g/mol.